The van der Waals surface area contributed by atoms with Crippen molar-refractivity contribution in [3.8, 4) is 0 Å². The summed E-state index contributed by atoms with van der Waals surface area (Å²) in [7, 11) is -3.68. The maximum absolute atomic E-state index is 12.6. The van der Waals surface area contributed by atoms with Crippen LogP contribution < -0.4 is 0 Å². The normalized spacial score (nSPS) is 15.6. The first-order valence-electron chi connectivity index (χ1n) is 9.15. The highest BCUT2D eigenvalue weighted by Crippen LogP contribution is 2.33. The summed E-state index contributed by atoms with van der Waals surface area (Å²) in [4.78, 5) is 23.8. The smallest absolute Gasteiger partial charge is 0.311 e. The average Bonchev–Trinajstić information content (AvgIpc) is 2.41. The van der Waals surface area contributed by atoms with Crippen LogP contribution in [0.25, 0.3) is 0 Å². The SMILES string of the molecule is CCC(C)(CCCC(C)(C)C(=O)O)C(=O)OC[Si](C)(C)O[Si](C)(C)C. The molecule has 148 valence electrons. The Morgan fingerprint density at radius 2 is 1.52 bits per heavy atom. The number of esters is 1. The molecule has 25 heavy (non-hydrogen) atoms. The lowest BCUT2D eigenvalue weighted by Gasteiger charge is -2.33. The summed E-state index contributed by atoms with van der Waals surface area (Å²) in [5.41, 5.74) is -1.34. The molecule has 0 aromatic heterocycles. The number of aliphatic carboxylic acids is 1. The molecule has 1 unspecified atom stereocenters. The number of carboxylic acid groups (broad SMARTS) is 1. The zero-order valence-corrected chi connectivity index (χ0v) is 19.6. The zero-order chi connectivity index (χ0) is 20.1. The van der Waals surface area contributed by atoms with Gasteiger partial charge in [-0.2, -0.15) is 0 Å². The fourth-order valence-electron chi connectivity index (χ4n) is 2.72. The van der Waals surface area contributed by atoms with Crippen molar-refractivity contribution in [1.82, 2.24) is 0 Å². The number of hydrogen-bond acceptors (Lipinski definition) is 4. The minimum absolute atomic E-state index is 0.192. The third-order valence-electron chi connectivity index (χ3n) is 4.52. The first kappa shape index (κ1) is 24.3. The van der Waals surface area contributed by atoms with E-state index >= 15 is 0 Å². The highest BCUT2D eigenvalue weighted by atomic mass is 28.4. The van der Waals surface area contributed by atoms with E-state index in [9.17, 15) is 14.7 Å². The Bertz CT molecular complexity index is 469. The van der Waals surface area contributed by atoms with Crippen molar-refractivity contribution < 1.29 is 23.5 Å². The average molecular weight is 391 g/mol. The van der Waals surface area contributed by atoms with E-state index in [1.54, 1.807) is 13.8 Å². The lowest BCUT2D eigenvalue weighted by Crippen LogP contribution is -2.47. The Morgan fingerprint density at radius 3 is 1.92 bits per heavy atom. The molecule has 0 fully saturated rings. The van der Waals surface area contributed by atoms with Crippen LogP contribution in [-0.4, -0.2) is 39.9 Å². The number of rotatable bonds is 11. The standard InChI is InChI=1S/C18H38O5Si2/c1-10-18(4,13-11-12-17(2,3)15(19)20)16(21)22-14-25(8,9)23-24(5,6)7/h10-14H2,1-9H3,(H,19,20). The van der Waals surface area contributed by atoms with E-state index in [1.807, 2.05) is 13.8 Å². The summed E-state index contributed by atoms with van der Waals surface area (Å²) >= 11 is 0. The van der Waals surface area contributed by atoms with Crippen molar-refractivity contribution in [3.63, 3.8) is 0 Å². The van der Waals surface area contributed by atoms with Gasteiger partial charge < -0.3 is 14.0 Å². The Kier molecular flexibility index (Phi) is 8.58. The van der Waals surface area contributed by atoms with Crippen LogP contribution in [0.4, 0.5) is 0 Å². The van der Waals surface area contributed by atoms with Crippen molar-refractivity contribution >= 4 is 28.6 Å². The molecule has 0 saturated carbocycles. The molecule has 0 aliphatic rings. The van der Waals surface area contributed by atoms with Gasteiger partial charge in [0.2, 0.25) is 8.32 Å². The maximum atomic E-state index is 12.6. The highest BCUT2D eigenvalue weighted by Gasteiger charge is 2.37. The second-order valence-corrected chi connectivity index (χ2v) is 18.4. The summed E-state index contributed by atoms with van der Waals surface area (Å²) in [5, 5.41) is 9.21. The zero-order valence-electron chi connectivity index (χ0n) is 17.6. The molecule has 5 nitrogen and oxygen atoms in total. The molecule has 0 aliphatic carbocycles. The number of ether oxygens (including phenoxy) is 1. The van der Waals surface area contributed by atoms with Gasteiger partial charge in [-0.15, -0.1) is 0 Å². The van der Waals surface area contributed by atoms with Crippen LogP contribution in [0, 0.1) is 10.8 Å². The molecular weight excluding hydrogens is 352 g/mol. The predicted molar refractivity (Wildman–Crippen MR) is 107 cm³/mol. The van der Waals surface area contributed by atoms with Gasteiger partial charge in [-0.25, -0.2) is 0 Å². The lowest BCUT2D eigenvalue weighted by atomic mass is 9.79. The summed E-state index contributed by atoms with van der Waals surface area (Å²) < 4.78 is 11.9. The molecular formula is C18H38O5Si2. The van der Waals surface area contributed by atoms with Crippen LogP contribution in [0.15, 0.2) is 0 Å². The summed E-state index contributed by atoms with van der Waals surface area (Å²) in [5.74, 6) is -0.993. The maximum Gasteiger partial charge on any atom is 0.311 e. The van der Waals surface area contributed by atoms with Gasteiger partial charge in [-0.3, -0.25) is 9.59 Å². The molecule has 0 amide bonds. The number of carbonyl (C=O) groups excluding carboxylic acids is 1. The van der Waals surface area contributed by atoms with Crippen LogP contribution in [-0.2, 0) is 18.4 Å². The van der Waals surface area contributed by atoms with E-state index in [-0.39, 0.29) is 5.97 Å². The van der Waals surface area contributed by atoms with E-state index in [0.29, 0.717) is 31.9 Å². The van der Waals surface area contributed by atoms with Crippen LogP contribution in [0.1, 0.15) is 53.4 Å². The monoisotopic (exact) mass is 390 g/mol. The lowest BCUT2D eigenvalue weighted by molar-refractivity contribution is -0.154. The molecule has 0 heterocycles. The summed E-state index contributed by atoms with van der Waals surface area (Å²) in [6.45, 7) is 17.9. The van der Waals surface area contributed by atoms with Crippen molar-refractivity contribution in [3.05, 3.63) is 0 Å². The molecule has 0 rings (SSSR count). The van der Waals surface area contributed by atoms with Crippen molar-refractivity contribution in [1.29, 1.82) is 0 Å². The van der Waals surface area contributed by atoms with Crippen LogP contribution in [0.5, 0.6) is 0 Å². The second kappa shape index (κ2) is 8.82. The minimum Gasteiger partial charge on any atom is -0.481 e. The van der Waals surface area contributed by atoms with Gasteiger partial charge in [-0.05, 0) is 72.8 Å². The highest BCUT2D eigenvalue weighted by molar-refractivity contribution is 6.84. The first-order valence-corrected chi connectivity index (χ1v) is 15.7. The predicted octanol–water partition coefficient (Wildman–Crippen LogP) is 4.82. The molecule has 0 spiro atoms. The third-order valence-corrected chi connectivity index (χ3v) is 10.0. The second-order valence-electron chi connectivity index (χ2n) is 9.51. The Morgan fingerprint density at radius 1 is 1.00 bits per heavy atom. The quantitative estimate of drug-likeness (QED) is 0.404. The van der Waals surface area contributed by atoms with E-state index < -0.39 is 33.4 Å². The fourth-order valence-corrected chi connectivity index (χ4v) is 10.1. The molecule has 1 atom stereocenters. The molecule has 0 aromatic rings. The largest absolute Gasteiger partial charge is 0.481 e. The molecule has 7 heteroatoms. The van der Waals surface area contributed by atoms with Gasteiger partial charge in [-0.1, -0.05) is 13.3 Å². The summed E-state index contributed by atoms with van der Waals surface area (Å²) in [6, 6.07) is 0. The van der Waals surface area contributed by atoms with Gasteiger partial charge in [0.05, 0.1) is 10.8 Å². The number of carbonyl (C=O) groups is 2. The third kappa shape index (κ3) is 9.01. The minimum atomic E-state index is -2.03. The first-order chi connectivity index (χ1) is 11.0. The molecule has 0 aromatic carbocycles. The van der Waals surface area contributed by atoms with Gasteiger partial charge in [0.1, 0.15) is 6.23 Å². The van der Waals surface area contributed by atoms with Crippen LogP contribution >= 0.6 is 0 Å². The molecule has 0 aliphatic heterocycles. The van der Waals surface area contributed by atoms with Gasteiger partial charge in [0.25, 0.3) is 0 Å². The Balaban J connectivity index is 4.70. The van der Waals surface area contributed by atoms with E-state index in [0.717, 1.165) is 0 Å². The fraction of sp³-hybridized carbons (Fsp3) is 0.889. The van der Waals surface area contributed by atoms with E-state index in [1.165, 1.54) is 0 Å². The summed E-state index contributed by atoms with van der Waals surface area (Å²) in [6.07, 6.45) is 2.91. The molecule has 0 saturated heterocycles. The molecule has 0 radical (unpaired) electrons. The van der Waals surface area contributed by atoms with Crippen molar-refractivity contribution in [2.75, 3.05) is 6.23 Å². The Labute approximate surface area is 155 Å². The van der Waals surface area contributed by atoms with Crippen molar-refractivity contribution in [2.45, 2.75) is 86.1 Å². The Hall–Kier alpha value is -0.666. The van der Waals surface area contributed by atoms with Crippen LogP contribution in [0.2, 0.25) is 32.7 Å². The molecule has 0 bridgehead atoms. The van der Waals surface area contributed by atoms with E-state index in [4.69, 9.17) is 8.85 Å². The number of carboxylic acids is 1. The van der Waals surface area contributed by atoms with E-state index in [2.05, 4.69) is 32.7 Å². The van der Waals surface area contributed by atoms with Gasteiger partial charge in [0.15, 0.2) is 8.32 Å². The van der Waals surface area contributed by atoms with Gasteiger partial charge >= 0.3 is 11.9 Å². The topological polar surface area (TPSA) is 72.8 Å². The number of hydrogen-bond donors (Lipinski definition) is 1. The van der Waals surface area contributed by atoms with Crippen molar-refractivity contribution in [2.24, 2.45) is 10.8 Å². The molecule has 1 N–H and O–H groups in total. The van der Waals surface area contributed by atoms with Gasteiger partial charge in [0, 0.05) is 0 Å². The van der Waals surface area contributed by atoms with Crippen LogP contribution in [0.3, 0.4) is 0 Å².